The Morgan fingerprint density at radius 1 is 1.47 bits per heavy atom. The Balaban J connectivity index is 2.49. The van der Waals surface area contributed by atoms with Gasteiger partial charge in [-0.05, 0) is 18.1 Å². The Morgan fingerprint density at radius 3 is 2.80 bits per heavy atom. The molecule has 3 heteroatoms. The molecule has 1 aliphatic rings. The summed E-state index contributed by atoms with van der Waals surface area (Å²) in [6.07, 6.45) is 0.124. The molecule has 0 aromatic heterocycles. The summed E-state index contributed by atoms with van der Waals surface area (Å²) in [7, 11) is 0. The molecule has 0 bridgehead atoms. The maximum atomic E-state index is 11.5. The van der Waals surface area contributed by atoms with Gasteiger partial charge in [0.05, 0.1) is 0 Å². The predicted octanol–water partition coefficient (Wildman–Crippen LogP) is 1.55. The lowest BCUT2D eigenvalue weighted by atomic mass is 9.92. The van der Waals surface area contributed by atoms with E-state index in [4.69, 9.17) is 0 Å². The van der Waals surface area contributed by atoms with Crippen molar-refractivity contribution in [3.05, 3.63) is 29.8 Å². The highest BCUT2D eigenvalue weighted by molar-refractivity contribution is 5.93. The first kappa shape index (κ1) is 10.2. The molecule has 2 atom stereocenters. The fourth-order valence-corrected chi connectivity index (χ4v) is 2.12. The van der Waals surface area contributed by atoms with Crippen molar-refractivity contribution in [3.63, 3.8) is 0 Å². The van der Waals surface area contributed by atoms with E-state index in [1.807, 2.05) is 31.2 Å². The number of hydrogen-bond donors (Lipinski definition) is 1. The molecule has 1 aliphatic heterocycles. The third-order valence-corrected chi connectivity index (χ3v) is 2.91. The van der Waals surface area contributed by atoms with Crippen LogP contribution in [0.4, 0.5) is 5.69 Å². The summed E-state index contributed by atoms with van der Waals surface area (Å²) in [6.45, 7) is 3.44. The molecule has 0 aliphatic carbocycles. The fourth-order valence-electron chi connectivity index (χ4n) is 2.12. The van der Waals surface area contributed by atoms with Gasteiger partial charge in [0, 0.05) is 18.5 Å². The van der Waals surface area contributed by atoms with Crippen LogP contribution >= 0.6 is 0 Å². The molecule has 0 fully saturated rings. The van der Waals surface area contributed by atoms with Crippen LogP contribution in [-0.2, 0) is 11.2 Å². The van der Waals surface area contributed by atoms with Crippen molar-refractivity contribution in [2.24, 2.45) is 5.92 Å². The number of nitrogens with zero attached hydrogens (tertiary/aromatic N) is 1. The normalized spacial score (nSPS) is 24.9. The zero-order chi connectivity index (χ0) is 11.0. The topological polar surface area (TPSA) is 40.5 Å². The molecule has 0 spiro atoms. The summed E-state index contributed by atoms with van der Waals surface area (Å²) in [5.41, 5.74) is 1.97. The minimum absolute atomic E-state index is 0.0869. The van der Waals surface area contributed by atoms with Crippen LogP contribution in [0.2, 0.25) is 0 Å². The van der Waals surface area contributed by atoms with Gasteiger partial charge >= 0.3 is 0 Å². The lowest BCUT2D eigenvalue weighted by Gasteiger charge is -2.37. The van der Waals surface area contributed by atoms with Crippen LogP contribution in [-0.4, -0.2) is 17.2 Å². The number of carbonyl (C=O) groups excluding carboxylic acids is 1. The Bertz CT molecular complexity index is 389. The maximum absolute atomic E-state index is 11.5. The highest BCUT2D eigenvalue weighted by Crippen LogP contribution is 2.32. The molecule has 1 aromatic rings. The lowest BCUT2D eigenvalue weighted by Crippen LogP contribution is -2.46. The smallest absolute Gasteiger partial charge is 0.225 e. The summed E-state index contributed by atoms with van der Waals surface area (Å²) >= 11 is 0. The summed E-state index contributed by atoms with van der Waals surface area (Å²) in [4.78, 5) is 13.0. The Labute approximate surface area is 89.3 Å². The van der Waals surface area contributed by atoms with E-state index in [0.29, 0.717) is 0 Å². The van der Waals surface area contributed by atoms with Gasteiger partial charge in [-0.1, -0.05) is 25.1 Å². The van der Waals surface area contributed by atoms with Crippen LogP contribution < -0.4 is 4.90 Å². The molecule has 1 aromatic carbocycles. The van der Waals surface area contributed by atoms with E-state index in [1.165, 1.54) is 11.8 Å². The van der Waals surface area contributed by atoms with Gasteiger partial charge in [-0.25, -0.2) is 0 Å². The molecular formula is C12H15NO2. The molecule has 1 amide bonds. The van der Waals surface area contributed by atoms with Gasteiger partial charge in [0.2, 0.25) is 5.91 Å². The van der Waals surface area contributed by atoms with Crippen molar-refractivity contribution in [2.45, 2.75) is 26.5 Å². The summed E-state index contributed by atoms with van der Waals surface area (Å²) in [6, 6.07) is 7.73. The average Bonchev–Trinajstić information content (AvgIpc) is 2.19. The van der Waals surface area contributed by atoms with Crippen molar-refractivity contribution in [1.29, 1.82) is 0 Å². The second-order valence-corrected chi connectivity index (χ2v) is 4.11. The molecule has 1 N–H and O–H groups in total. The van der Waals surface area contributed by atoms with Gasteiger partial charge in [0.1, 0.15) is 6.23 Å². The second-order valence-electron chi connectivity index (χ2n) is 4.11. The molecular weight excluding hydrogens is 190 g/mol. The minimum Gasteiger partial charge on any atom is -0.373 e. The highest BCUT2D eigenvalue weighted by atomic mass is 16.3. The number of aliphatic hydroxyl groups excluding tert-OH is 1. The van der Waals surface area contributed by atoms with Gasteiger partial charge in [-0.3, -0.25) is 9.69 Å². The zero-order valence-corrected chi connectivity index (χ0v) is 8.97. The summed E-state index contributed by atoms with van der Waals surface area (Å²) in [5, 5.41) is 9.96. The lowest BCUT2D eigenvalue weighted by molar-refractivity contribution is -0.119. The standard InChI is InChI=1S/C12H15NO2/c1-8-7-10-5-3-4-6-11(10)13(9(2)14)12(8)15/h3-6,8,12,15H,7H2,1-2H3. The number of amides is 1. The van der Waals surface area contributed by atoms with Crippen LogP contribution in [0.15, 0.2) is 24.3 Å². The van der Waals surface area contributed by atoms with Gasteiger partial charge < -0.3 is 5.11 Å². The van der Waals surface area contributed by atoms with Crippen molar-refractivity contribution in [1.82, 2.24) is 0 Å². The average molecular weight is 205 g/mol. The third kappa shape index (κ3) is 1.63. The van der Waals surface area contributed by atoms with E-state index in [-0.39, 0.29) is 11.8 Å². The highest BCUT2D eigenvalue weighted by Gasteiger charge is 2.32. The maximum Gasteiger partial charge on any atom is 0.225 e. The monoisotopic (exact) mass is 205 g/mol. The van der Waals surface area contributed by atoms with Crippen LogP contribution in [0.3, 0.4) is 0 Å². The van der Waals surface area contributed by atoms with E-state index in [1.54, 1.807) is 0 Å². The number of anilines is 1. The Morgan fingerprint density at radius 2 is 2.13 bits per heavy atom. The summed E-state index contributed by atoms with van der Waals surface area (Å²) in [5.74, 6) is -0.0229. The molecule has 2 unspecified atom stereocenters. The second kappa shape index (κ2) is 3.66. The molecule has 2 rings (SSSR count). The van der Waals surface area contributed by atoms with Gasteiger partial charge in [-0.15, -0.1) is 0 Å². The summed E-state index contributed by atoms with van der Waals surface area (Å²) < 4.78 is 0. The van der Waals surface area contributed by atoms with E-state index >= 15 is 0 Å². The number of hydrogen-bond acceptors (Lipinski definition) is 2. The zero-order valence-electron chi connectivity index (χ0n) is 8.97. The van der Waals surface area contributed by atoms with Crippen molar-refractivity contribution >= 4 is 11.6 Å². The van der Waals surface area contributed by atoms with Crippen LogP contribution in [0.1, 0.15) is 19.4 Å². The molecule has 15 heavy (non-hydrogen) atoms. The van der Waals surface area contributed by atoms with Crippen molar-refractivity contribution in [3.8, 4) is 0 Å². The van der Waals surface area contributed by atoms with Gasteiger partial charge in [0.25, 0.3) is 0 Å². The van der Waals surface area contributed by atoms with E-state index in [0.717, 1.165) is 17.7 Å². The van der Waals surface area contributed by atoms with Crippen LogP contribution in [0.25, 0.3) is 0 Å². The van der Waals surface area contributed by atoms with Gasteiger partial charge in [-0.2, -0.15) is 0 Å². The molecule has 3 nitrogen and oxygen atoms in total. The van der Waals surface area contributed by atoms with Crippen LogP contribution in [0.5, 0.6) is 0 Å². The first-order chi connectivity index (χ1) is 7.11. The fraction of sp³-hybridized carbons (Fsp3) is 0.417. The number of para-hydroxylation sites is 1. The number of aliphatic hydroxyl groups is 1. The number of benzene rings is 1. The van der Waals surface area contributed by atoms with Gasteiger partial charge in [0.15, 0.2) is 0 Å². The number of fused-ring (bicyclic) bond motifs is 1. The molecule has 0 radical (unpaired) electrons. The minimum atomic E-state index is -0.697. The van der Waals surface area contributed by atoms with E-state index in [9.17, 15) is 9.90 Å². The SMILES string of the molecule is CC(=O)N1c2ccccc2CC(C)C1O. The van der Waals surface area contributed by atoms with Crippen molar-refractivity contribution in [2.75, 3.05) is 4.90 Å². The quantitative estimate of drug-likeness (QED) is 0.698. The van der Waals surface area contributed by atoms with E-state index in [2.05, 4.69) is 0 Å². The largest absolute Gasteiger partial charge is 0.373 e. The predicted molar refractivity (Wildman–Crippen MR) is 58.5 cm³/mol. The van der Waals surface area contributed by atoms with Crippen molar-refractivity contribution < 1.29 is 9.90 Å². The van der Waals surface area contributed by atoms with Crippen LogP contribution in [0, 0.1) is 5.92 Å². The molecule has 0 saturated carbocycles. The first-order valence-corrected chi connectivity index (χ1v) is 5.17. The third-order valence-electron chi connectivity index (χ3n) is 2.91. The Kier molecular flexibility index (Phi) is 2.49. The number of rotatable bonds is 0. The molecule has 1 heterocycles. The Hall–Kier alpha value is -1.35. The first-order valence-electron chi connectivity index (χ1n) is 5.17. The number of carbonyl (C=O) groups is 1. The molecule has 0 saturated heterocycles. The van der Waals surface area contributed by atoms with E-state index < -0.39 is 6.23 Å². The molecule has 80 valence electrons.